The van der Waals surface area contributed by atoms with E-state index >= 15 is 0 Å². The molecule has 0 N–H and O–H groups in total. The van der Waals surface area contributed by atoms with Crippen LogP contribution in [0.1, 0.15) is 39.5 Å². The van der Waals surface area contributed by atoms with E-state index in [4.69, 9.17) is 0 Å². The van der Waals surface area contributed by atoms with Crippen LogP contribution in [0.15, 0.2) is 0 Å². The van der Waals surface area contributed by atoms with Gasteiger partial charge < -0.3 is 4.90 Å². The highest BCUT2D eigenvalue weighted by atomic mass is 32.2. The summed E-state index contributed by atoms with van der Waals surface area (Å²) in [4.78, 5) is 2.67. The number of thioether (sulfide) groups is 1. The monoisotopic (exact) mass is 215 g/mol. The minimum atomic E-state index is 0.853. The Morgan fingerprint density at radius 3 is 2.79 bits per heavy atom. The fourth-order valence-electron chi connectivity index (χ4n) is 2.01. The van der Waals surface area contributed by atoms with Gasteiger partial charge in [-0.25, -0.2) is 0 Å². The lowest BCUT2D eigenvalue weighted by atomic mass is 10.1. The standard InChI is InChI=1S/C12H25NS/c1-11(2)7-9-13-8-5-4-6-12(10-13)14-3/h11-12H,4-10H2,1-3H3. The minimum absolute atomic E-state index is 0.853. The van der Waals surface area contributed by atoms with Crippen LogP contribution in [-0.4, -0.2) is 36.0 Å². The first-order chi connectivity index (χ1) is 6.72. The van der Waals surface area contributed by atoms with Crippen molar-refractivity contribution in [3.63, 3.8) is 0 Å². The van der Waals surface area contributed by atoms with Crippen molar-refractivity contribution < 1.29 is 0 Å². The van der Waals surface area contributed by atoms with E-state index in [1.807, 2.05) is 0 Å². The van der Waals surface area contributed by atoms with Crippen molar-refractivity contribution in [1.29, 1.82) is 0 Å². The number of hydrogen-bond donors (Lipinski definition) is 0. The molecule has 1 aliphatic heterocycles. The van der Waals surface area contributed by atoms with Gasteiger partial charge in [0.15, 0.2) is 0 Å². The SMILES string of the molecule is CSC1CCCCN(CCC(C)C)C1. The molecule has 0 radical (unpaired) electrons. The van der Waals surface area contributed by atoms with Crippen molar-refractivity contribution in [1.82, 2.24) is 4.90 Å². The summed E-state index contributed by atoms with van der Waals surface area (Å²) in [6, 6.07) is 0. The van der Waals surface area contributed by atoms with Crippen LogP contribution in [0.3, 0.4) is 0 Å². The highest BCUT2D eigenvalue weighted by Crippen LogP contribution is 2.20. The van der Waals surface area contributed by atoms with Gasteiger partial charge >= 0.3 is 0 Å². The van der Waals surface area contributed by atoms with E-state index < -0.39 is 0 Å². The summed E-state index contributed by atoms with van der Waals surface area (Å²) in [6.45, 7) is 8.63. The third kappa shape index (κ3) is 4.70. The van der Waals surface area contributed by atoms with Crippen LogP contribution < -0.4 is 0 Å². The molecule has 0 aromatic heterocycles. The Morgan fingerprint density at radius 2 is 2.14 bits per heavy atom. The second-order valence-corrected chi connectivity index (χ2v) is 5.97. The Balaban J connectivity index is 2.27. The highest BCUT2D eigenvalue weighted by Gasteiger charge is 2.16. The maximum absolute atomic E-state index is 2.67. The Morgan fingerprint density at radius 1 is 1.36 bits per heavy atom. The fraction of sp³-hybridized carbons (Fsp3) is 1.00. The topological polar surface area (TPSA) is 3.24 Å². The molecule has 0 spiro atoms. The average molecular weight is 215 g/mol. The molecule has 0 bridgehead atoms. The zero-order valence-electron chi connectivity index (χ0n) is 9.96. The molecule has 0 saturated carbocycles. The smallest absolute Gasteiger partial charge is 0.0172 e. The van der Waals surface area contributed by atoms with Crippen LogP contribution >= 0.6 is 11.8 Å². The highest BCUT2D eigenvalue weighted by molar-refractivity contribution is 7.99. The largest absolute Gasteiger partial charge is 0.302 e. The van der Waals surface area contributed by atoms with E-state index in [9.17, 15) is 0 Å². The third-order valence-electron chi connectivity index (χ3n) is 3.07. The normalized spacial score (nSPS) is 25.3. The summed E-state index contributed by atoms with van der Waals surface area (Å²) < 4.78 is 0. The van der Waals surface area contributed by atoms with Gasteiger partial charge in [0.2, 0.25) is 0 Å². The van der Waals surface area contributed by atoms with Crippen molar-refractivity contribution in [3.05, 3.63) is 0 Å². The molecule has 1 unspecified atom stereocenters. The summed E-state index contributed by atoms with van der Waals surface area (Å²) in [5.41, 5.74) is 0. The Labute approximate surface area is 93.6 Å². The van der Waals surface area contributed by atoms with Crippen molar-refractivity contribution >= 4 is 11.8 Å². The molecule has 1 saturated heterocycles. The first-order valence-electron chi connectivity index (χ1n) is 5.97. The molecule has 0 aliphatic carbocycles. The maximum Gasteiger partial charge on any atom is 0.0172 e. The maximum atomic E-state index is 2.67. The van der Waals surface area contributed by atoms with Crippen LogP contribution in [0, 0.1) is 5.92 Å². The van der Waals surface area contributed by atoms with E-state index in [1.165, 1.54) is 45.3 Å². The molecule has 1 heterocycles. The van der Waals surface area contributed by atoms with Gasteiger partial charge in [0.1, 0.15) is 0 Å². The van der Waals surface area contributed by atoms with Gasteiger partial charge in [-0.1, -0.05) is 20.3 Å². The predicted molar refractivity (Wildman–Crippen MR) is 67.0 cm³/mol. The zero-order valence-corrected chi connectivity index (χ0v) is 10.8. The second-order valence-electron chi connectivity index (χ2n) is 4.84. The van der Waals surface area contributed by atoms with Crippen molar-refractivity contribution in [2.75, 3.05) is 25.9 Å². The summed E-state index contributed by atoms with van der Waals surface area (Å²) in [7, 11) is 0. The third-order valence-corrected chi connectivity index (χ3v) is 4.12. The number of nitrogens with zero attached hydrogens (tertiary/aromatic N) is 1. The Hall–Kier alpha value is 0.310. The van der Waals surface area contributed by atoms with Crippen LogP contribution in [-0.2, 0) is 0 Å². The van der Waals surface area contributed by atoms with Gasteiger partial charge in [-0.3, -0.25) is 0 Å². The average Bonchev–Trinajstić information content (AvgIpc) is 2.39. The molecule has 1 rings (SSSR count). The molecule has 0 aromatic rings. The van der Waals surface area contributed by atoms with E-state index in [0.717, 1.165) is 11.2 Å². The first-order valence-corrected chi connectivity index (χ1v) is 7.26. The minimum Gasteiger partial charge on any atom is -0.302 e. The summed E-state index contributed by atoms with van der Waals surface area (Å²) in [5, 5.41) is 0.893. The van der Waals surface area contributed by atoms with Gasteiger partial charge in [0, 0.05) is 11.8 Å². The van der Waals surface area contributed by atoms with Crippen molar-refractivity contribution in [2.24, 2.45) is 5.92 Å². The fourth-order valence-corrected chi connectivity index (χ4v) is 2.78. The molecular formula is C12H25NS. The number of likely N-dealkylation sites (tertiary alicyclic amines) is 1. The van der Waals surface area contributed by atoms with E-state index in [0.29, 0.717) is 0 Å². The molecule has 1 fully saturated rings. The first kappa shape index (κ1) is 12.4. The van der Waals surface area contributed by atoms with Crippen molar-refractivity contribution in [2.45, 2.75) is 44.8 Å². The quantitative estimate of drug-likeness (QED) is 0.708. The van der Waals surface area contributed by atoms with Gasteiger partial charge in [0.25, 0.3) is 0 Å². The van der Waals surface area contributed by atoms with Gasteiger partial charge in [-0.05, 0) is 44.5 Å². The Kier molecular flexibility index (Phi) is 5.95. The molecule has 0 aromatic carbocycles. The van der Waals surface area contributed by atoms with Gasteiger partial charge in [-0.2, -0.15) is 11.8 Å². The van der Waals surface area contributed by atoms with Crippen LogP contribution in [0.2, 0.25) is 0 Å². The van der Waals surface area contributed by atoms with E-state index in [2.05, 4.69) is 36.8 Å². The molecule has 1 atom stereocenters. The molecule has 1 nitrogen and oxygen atoms in total. The summed E-state index contributed by atoms with van der Waals surface area (Å²) in [5.74, 6) is 0.853. The number of rotatable bonds is 4. The number of hydrogen-bond acceptors (Lipinski definition) is 2. The molecule has 1 aliphatic rings. The summed E-state index contributed by atoms with van der Waals surface area (Å²) >= 11 is 2.06. The predicted octanol–water partition coefficient (Wildman–Crippen LogP) is 3.25. The van der Waals surface area contributed by atoms with Gasteiger partial charge in [0.05, 0.1) is 0 Å². The zero-order chi connectivity index (χ0) is 10.4. The lowest BCUT2D eigenvalue weighted by Gasteiger charge is -2.23. The molecule has 2 heteroatoms. The Bertz CT molecular complexity index is 147. The molecular weight excluding hydrogens is 190 g/mol. The second kappa shape index (κ2) is 6.73. The molecule has 0 amide bonds. The van der Waals surface area contributed by atoms with Crippen molar-refractivity contribution in [3.8, 4) is 0 Å². The van der Waals surface area contributed by atoms with Gasteiger partial charge in [-0.15, -0.1) is 0 Å². The van der Waals surface area contributed by atoms with E-state index in [-0.39, 0.29) is 0 Å². The van der Waals surface area contributed by atoms with Crippen LogP contribution in [0.5, 0.6) is 0 Å². The lowest BCUT2D eigenvalue weighted by molar-refractivity contribution is 0.270. The molecule has 14 heavy (non-hydrogen) atoms. The molecule has 84 valence electrons. The van der Waals surface area contributed by atoms with Crippen LogP contribution in [0.25, 0.3) is 0 Å². The summed E-state index contributed by atoms with van der Waals surface area (Å²) in [6.07, 6.45) is 7.90. The van der Waals surface area contributed by atoms with Crippen LogP contribution in [0.4, 0.5) is 0 Å². The van der Waals surface area contributed by atoms with E-state index in [1.54, 1.807) is 0 Å². The lowest BCUT2D eigenvalue weighted by Crippen LogP contribution is -2.31.